The standard InChI is InChI=1S/C12H25N7O2/c13-8-17-5-2-4-10(14)11(21)19-9(7-20)3-1-6-18-12(15)16/h7-10H,1-6,14H2,(H2,13,17)(H,19,21)(H4,15,16,18)/t9-,10-/m1/s1. The number of carbonyl (C=O) groups is 2. The molecule has 1 amide bonds. The molecule has 0 saturated carbocycles. The predicted molar refractivity (Wildman–Crippen MR) is 82.7 cm³/mol. The first-order chi connectivity index (χ1) is 10.0. The lowest BCUT2D eigenvalue weighted by molar-refractivity contribution is -0.125. The summed E-state index contributed by atoms with van der Waals surface area (Å²) >= 11 is 0. The number of amides is 1. The second kappa shape index (κ2) is 11.6. The van der Waals surface area contributed by atoms with Gasteiger partial charge in [0.25, 0.3) is 0 Å². The van der Waals surface area contributed by atoms with Crippen LogP contribution in [0.5, 0.6) is 0 Å². The van der Waals surface area contributed by atoms with E-state index in [-0.39, 0.29) is 11.9 Å². The van der Waals surface area contributed by atoms with Crippen molar-refractivity contribution in [2.75, 3.05) is 13.1 Å². The molecule has 0 aliphatic heterocycles. The normalized spacial score (nSPS) is 13.6. The van der Waals surface area contributed by atoms with Gasteiger partial charge in [-0.2, -0.15) is 0 Å². The minimum Gasteiger partial charge on any atom is -0.390 e. The molecule has 0 fully saturated rings. The van der Waals surface area contributed by atoms with Crippen molar-refractivity contribution in [3.63, 3.8) is 0 Å². The van der Waals surface area contributed by atoms with Gasteiger partial charge >= 0.3 is 0 Å². The molecule has 120 valence electrons. The zero-order valence-corrected chi connectivity index (χ0v) is 12.1. The zero-order chi connectivity index (χ0) is 16.1. The van der Waals surface area contributed by atoms with Gasteiger partial charge in [-0.25, -0.2) is 0 Å². The van der Waals surface area contributed by atoms with E-state index < -0.39 is 12.1 Å². The minimum absolute atomic E-state index is 0.00356. The summed E-state index contributed by atoms with van der Waals surface area (Å²) in [6.07, 6.45) is 4.06. The van der Waals surface area contributed by atoms with Gasteiger partial charge in [0.1, 0.15) is 6.29 Å². The molecule has 0 rings (SSSR count). The summed E-state index contributed by atoms with van der Waals surface area (Å²) in [6, 6.07) is -1.25. The van der Waals surface area contributed by atoms with Crippen LogP contribution in [0, 0.1) is 0 Å². The molecule has 0 aromatic heterocycles. The number of guanidine groups is 1. The van der Waals surface area contributed by atoms with Crippen molar-refractivity contribution in [1.82, 2.24) is 5.32 Å². The molecule has 0 radical (unpaired) electrons. The summed E-state index contributed by atoms with van der Waals surface area (Å²) in [4.78, 5) is 30.3. The number of carbonyl (C=O) groups excluding carboxylic acids is 2. The molecule has 0 aliphatic carbocycles. The van der Waals surface area contributed by atoms with E-state index in [1.807, 2.05) is 0 Å². The van der Waals surface area contributed by atoms with E-state index in [0.717, 1.165) is 0 Å². The van der Waals surface area contributed by atoms with Gasteiger partial charge in [-0.1, -0.05) is 0 Å². The summed E-state index contributed by atoms with van der Waals surface area (Å²) in [7, 11) is 0. The lowest BCUT2D eigenvalue weighted by atomic mass is 10.1. The van der Waals surface area contributed by atoms with E-state index in [4.69, 9.17) is 22.9 Å². The quantitative estimate of drug-likeness (QED) is 0.125. The molecule has 0 bridgehead atoms. The molecule has 9 N–H and O–H groups in total. The Morgan fingerprint density at radius 2 is 1.86 bits per heavy atom. The molecular formula is C12H25N7O2. The summed E-state index contributed by atoms with van der Waals surface area (Å²) < 4.78 is 0. The molecule has 9 heteroatoms. The van der Waals surface area contributed by atoms with Crippen LogP contribution in [0.15, 0.2) is 9.98 Å². The van der Waals surface area contributed by atoms with E-state index >= 15 is 0 Å². The van der Waals surface area contributed by atoms with Gasteiger partial charge in [0, 0.05) is 13.1 Å². The summed E-state index contributed by atoms with van der Waals surface area (Å²) in [5.41, 5.74) is 21.2. The molecule has 9 nitrogen and oxygen atoms in total. The Balaban J connectivity index is 4.01. The number of nitrogens with one attached hydrogen (secondary N) is 1. The van der Waals surface area contributed by atoms with E-state index in [2.05, 4.69) is 15.3 Å². The predicted octanol–water partition coefficient (Wildman–Crippen LogP) is -2.18. The van der Waals surface area contributed by atoms with Crippen LogP contribution in [0.1, 0.15) is 25.7 Å². The van der Waals surface area contributed by atoms with Crippen LogP contribution in [-0.2, 0) is 9.59 Å². The Kier molecular flexibility index (Phi) is 10.5. The Morgan fingerprint density at radius 3 is 2.43 bits per heavy atom. The summed E-state index contributed by atoms with van der Waals surface area (Å²) in [5.74, 6) is -0.352. The van der Waals surface area contributed by atoms with E-state index in [9.17, 15) is 9.59 Å². The summed E-state index contributed by atoms with van der Waals surface area (Å²) in [5, 5.41) is 2.59. The number of aldehydes is 1. The number of nitrogens with two attached hydrogens (primary N) is 4. The number of hydrogen-bond donors (Lipinski definition) is 5. The van der Waals surface area contributed by atoms with Crippen LogP contribution in [0.4, 0.5) is 0 Å². The Hall–Kier alpha value is -2.16. The Bertz CT molecular complexity index is 367. The molecule has 0 aliphatic rings. The fraction of sp³-hybridized carbons (Fsp3) is 0.667. The van der Waals surface area contributed by atoms with Gasteiger partial charge in [-0.05, 0) is 25.7 Å². The zero-order valence-electron chi connectivity index (χ0n) is 12.1. The monoisotopic (exact) mass is 299 g/mol. The topological polar surface area (TPSA) is 175 Å². The first-order valence-corrected chi connectivity index (χ1v) is 6.78. The third kappa shape index (κ3) is 10.3. The van der Waals surface area contributed by atoms with Crippen LogP contribution >= 0.6 is 0 Å². The Labute approximate surface area is 124 Å². The number of rotatable bonds is 11. The van der Waals surface area contributed by atoms with Gasteiger partial charge < -0.3 is 33.0 Å². The SMILES string of the molecule is NC=NCCC[C@@H](N)C(=O)N[C@@H](C=O)CCCN=C(N)N. The summed E-state index contributed by atoms with van der Waals surface area (Å²) in [6.45, 7) is 0.929. The molecule has 0 heterocycles. The first kappa shape index (κ1) is 18.8. The molecule has 0 aromatic carbocycles. The molecule has 0 unspecified atom stereocenters. The van der Waals surface area contributed by atoms with Crippen molar-refractivity contribution in [2.24, 2.45) is 32.9 Å². The number of hydrogen-bond acceptors (Lipinski definition) is 5. The maximum atomic E-state index is 11.8. The van der Waals surface area contributed by atoms with Crippen LogP contribution in [-0.4, -0.2) is 49.7 Å². The maximum Gasteiger partial charge on any atom is 0.237 e. The van der Waals surface area contributed by atoms with E-state index in [0.29, 0.717) is 45.1 Å². The molecule has 0 aromatic rings. The van der Waals surface area contributed by atoms with Crippen molar-refractivity contribution < 1.29 is 9.59 Å². The minimum atomic E-state index is -0.668. The van der Waals surface area contributed by atoms with Crippen molar-refractivity contribution in [1.29, 1.82) is 0 Å². The second-order valence-corrected chi connectivity index (χ2v) is 4.50. The van der Waals surface area contributed by atoms with E-state index in [1.54, 1.807) is 0 Å². The van der Waals surface area contributed by atoms with Gasteiger partial charge in [-0.15, -0.1) is 0 Å². The van der Waals surface area contributed by atoms with Gasteiger partial charge in [0.15, 0.2) is 5.96 Å². The third-order valence-corrected chi connectivity index (χ3v) is 2.70. The lowest BCUT2D eigenvalue weighted by Crippen LogP contribution is -2.46. The smallest absolute Gasteiger partial charge is 0.237 e. The Morgan fingerprint density at radius 1 is 1.19 bits per heavy atom. The second-order valence-electron chi connectivity index (χ2n) is 4.50. The number of nitrogens with zero attached hydrogens (tertiary/aromatic N) is 2. The molecule has 0 spiro atoms. The lowest BCUT2D eigenvalue weighted by Gasteiger charge is -2.16. The average Bonchev–Trinajstić information content (AvgIpc) is 2.46. The van der Waals surface area contributed by atoms with Crippen LogP contribution < -0.4 is 28.3 Å². The van der Waals surface area contributed by atoms with Gasteiger partial charge in [-0.3, -0.25) is 14.8 Å². The fourth-order valence-electron chi connectivity index (χ4n) is 1.59. The van der Waals surface area contributed by atoms with E-state index in [1.165, 1.54) is 6.34 Å². The molecule has 0 saturated heterocycles. The van der Waals surface area contributed by atoms with Crippen LogP contribution in [0.3, 0.4) is 0 Å². The van der Waals surface area contributed by atoms with Crippen molar-refractivity contribution in [3.05, 3.63) is 0 Å². The van der Waals surface area contributed by atoms with Crippen LogP contribution in [0.25, 0.3) is 0 Å². The van der Waals surface area contributed by atoms with Crippen molar-refractivity contribution >= 4 is 24.5 Å². The van der Waals surface area contributed by atoms with Crippen molar-refractivity contribution in [2.45, 2.75) is 37.8 Å². The highest BCUT2D eigenvalue weighted by Crippen LogP contribution is 1.99. The third-order valence-electron chi connectivity index (χ3n) is 2.70. The first-order valence-electron chi connectivity index (χ1n) is 6.78. The highest BCUT2D eigenvalue weighted by molar-refractivity contribution is 5.84. The van der Waals surface area contributed by atoms with Gasteiger partial charge in [0.05, 0.1) is 18.4 Å². The molecule has 21 heavy (non-hydrogen) atoms. The highest BCUT2D eigenvalue weighted by Gasteiger charge is 2.17. The largest absolute Gasteiger partial charge is 0.390 e. The number of aliphatic imine (C=N–C) groups is 2. The van der Waals surface area contributed by atoms with Crippen molar-refractivity contribution in [3.8, 4) is 0 Å². The molecular weight excluding hydrogens is 274 g/mol. The van der Waals surface area contributed by atoms with Crippen LogP contribution in [0.2, 0.25) is 0 Å². The fourth-order valence-corrected chi connectivity index (χ4v) is 1.59. The highest BCUT2D eigenvalue weighted by atomic mass is 16.2. The molecule has 2 atom stereocenters. The van der Waals surface area contributed by atoms with Gasteiger partial charge in [0.2, 0.25) is 5.91 Å². The maximum absolute atomic E-state index is 11.8. The average molecular weight is 299 g/mol.